The zero-order valence-electron chi connectivity index (χ0n) is 85.3. The van der Waals surface area contributed by atoms with E-state index in [1.807, 2.05) is 43.3 Å². The van der Waals surface area contributed by atoms with Crippen LogP contribution in [0.4, 0.5) is 0 Å². The molecule has 2 saturated heterocycles. The van der Waals surface area contributed by atoms with Gasteiger partial charge >= 0.3 is 462 Å². The van der Waals surface area contributed by atoms with Gasteiger partial charge in [-0.25, -0.2) is 0 Å². The average Bonchev–Trinajstić information content (AvgIpc) is 1.65. The third-order valence-electron chi connectivity index (χ3n) is 21.0. The number of hydrogen-bond acceptors (Lipinski definition) is 18. The van der Waals surface area contributed by atoms with Crippen molar-refractivity contribution in [3.05, 3.63) is 86.0 Å². The van der Waals surface area contributed by atoms with Crippen molar-refractivity contribution in [2.24, 2.45) is 0 Å². The largest absolute Gasteiger partial charge is 1.00 e. The molecule has 1 aromatic carbocycles. The van der Waals surface area contributed by atoms with Gasteiger partial charge in [0.2, 0.25) is 0 Å². The summed E-state index contributed by atoms with van der Waals surface area (Å²) in [6.45, 7) is 72.3. The van der Waals surface area contributed by atoms with Crippen LogP contribution in [0.25, 0.3) is 0 Å². The first-order chi connectivity index (χ1) is 51.8. The van der Waals surface area contributed by atoms with Crippen LogP contribution in [0.2, 0.25) is 140 Å². The zero-order valence-corrected chi connectivity index (χ0v) is 120. The minimum Gasteiger partial charge on any atom is -0.854 e. The fourth-order valence-corrected chi connectivity index (χ4v) is 53.7. The maximum Gasteiger partial charge on any atom is 1.00 e. The van der Waals surface area contributed by atoms with Gasteiger partial charge in [-0.3, -0.25) is 24.3 Å². The third-order valence-corrected chi connectivity index (χ3v) is 55.3. The molecule has 4 rings (SSSR count). The van der Waals surface area contributed by atoms with E-state index in [2.05, 4.69) is 193 Å². The van der Waals surface area contributed by atoms with E-state index in [4.69, 9.17) is 0 Å². The van der Waals surface area contributed by atoms with Gasteiger partial charge in [-0.2, -0.15) is 0 Å². The third kappa shape index (κ3) is 88.6. The molecule has 2 amide bonds. The van der Waals surface area contributed by atoms with Gasteiger partial charge in [-0.1, -0.05) is 271 Å². The average molecular weight is 2030 g/mol. The maximum atomic E-state index is 11.7. The number of carbonyl (C=O) groups excluding carboxylic acids is 2. The summed E-state index contributed by atoms with van der Waals surface area (Å²) in [7, 11) is 0.350. The second kappa shape index (κ2) is 101. The summed E-state index contributed by atoms with van der Waals surface area (Å²) >= 11 is 0. The Morgan fingerprint density at radius 2 is 0.608 bits per heavy atom. The van der Waals surface area contributed by atoms with Crippen LogP contribution in [0.3, 0.4) is 0 Å². The molecular formula is C85H175K9N8O11Si7. The summed E-state index contributed by atoms with van der Waals surface area (Å²) < 4.78 is 8.38. The SMILES string of the molecule is C=CCN(CC=C)CCCCCC[O-].C=CCN(CC=C)CCC[O-].CC(C)(C)[Si](C)(C)CCCC[O-].CN(C)CCCCCC[O-].CN(C)CCC[O-].C[Si](C)(C)N(CCC[O-])[Si](C)(C)C.C[Si]1(C)CC[Si](C)(C)N1CCCCCC[O-].C[Si]1(C)CC[Si](C)(C)N1CCC[O-].O=C1c2ccccc2C(=O)N1CCC[O-].[K+].[K+].[K+].[K+].[K+].[K+].[K+].[K+].[K+]. The molecule has 0 aromatic heterocycles. The summed E-state index contributed by atoms with van der Waals surface area (Å²) in [4.78, 5) is 33.2. The summed E-state index contributed by atoms with van der Waals surface area (Å²) in [5.74, 6) is -0.576. The molecule has 35 heteroatoms. The van der Waals surface area contributed by atoms with Gasteiger partial charge < -0.3 is 68.5 Å². The molecule has 0 radical (unpaired) electrons. The van der Waals surface area contributed by atoms with Gasteiger partial charge in [0, 0.05) is 32.7 Å². The Kier molecular flexibility index (Phi) is 137. The second-order valence-electron chi connectivity index (χ2n) is 36.6. The number of rotatable bonds is 47. The molecule has 120 heavy (non-hydrogen) atoms. The van der Waals surface area contributed by atoms with Crippen molar-refractivity contribution in [3.63, 3.8) is 0 Å². The monoisotopic (exact) mass is 2030 g/mol. The van der Waals surface area contributed by atoms with Crippen LogP contribution in [0.5, 0.6) is 0 Å². The van der Waals surface area contributed by atoms with Crippen LogP contribution in [0.15, 0.2) is 74.9 Å². The Balaban J connectivity index is -0.0000000875. The topological polar surface area (TPSA) is 268 Å². The van der Waals surface area contributed by atoms with E-state index in [-0.39, 0.29) is 540 Å². The Labute approximate surface area is 1130 Å². The first-order valence-electron chi connectivity index (χ1n) is 42.5. The standard InChI is InChI=1S/C12H28NOSi2.C12H22NO.C11H10NO3.C10H23OSi.C9H22NOSi2.C9H24NOSi2.C9H16NO.C8H18NO.C5H12NO.9K/c1-15(2)11-12-16(3,4)13(15)9-7-5-6-8-10-14;1-3-9-13(10-4-2)11-7-5-6-8-12-14;13-7-3-6-12-10(14)8-4-1-2-5-9(8)11(12)15;1-10(2,3)12(4,5)9-7-6-8-11;1-12(2)8-9-13(3,4)10(12)6-5-7-11;1-12(2,3)10(8-7-9-11)13(4,5)6;1-3-6-10(7-4-2)8-5-9-11;1-9(2)7-5-3-4-6-8-10;1-6(2)4-3-5-7;;;;;;;;;/h5-12H2,1-4H3;3-4H,1-2,5-12H2;1-2,4-5H,3,6-7H2;6-9H2,1-5H3;5-9H2,1-4H3;7-9H2,1-6H3;3-4H,1-2,5-9H2;3-8H2,1-2H3;3-5H2,1-2H3;;;;;;;;;/q9*-1;9*+1. The number of hydrogen-bond donors (Lipinski definition) is 0. The van der Waals surface area contributed by atoms with Crippen LogP contribution in [0, 0.1) is 0 Å². The molecule has 3 aliphatic heterocycles. The first kappa shape index (κ1) is 164. The number of carbonyl (C=O) groups is 2. The van der Waals surface area contributed by atoms with Crippen LogP contribution in [-0.4, -0.2) is 273 Å². The number of amides is 2. The van der Waals surface area contributed by atoms with Gasteiger partial charge in [-0.15, -0.1) is 85.8 Å². The Morgan fingerprint density at radius 1 is 0.358 bits per heavy atom. The molecular weight excluding hydrogens is 1860 g/mol. The molecule has 19 nitrogen and oxygen atoms in total. The predicted molar refractivity (Wildman–Crippen MR) is 482 cm³/mol. The van der Waals surface area contributed by atoms with Gasteiger partial charge in [-0.05, 0) is 135 Å². The molecule has 3 heterocycles. The van der Waals surface area contributed by atoms with E-state index in [9.17, 15) is 55.5 Å². The number of imide groups is 1. The van der Waals surface area contributed by atoms with Crippen LogP contribution in [0.1, 0.15) is 163 Å². The second-order valence-corrected chi connectivity index (χ2v) is 72.1. The van der Waals surface area contributed by atoms with Crippen LogP contribution in [-0.2, 0) is 0 Å². The van der Waals surface area contributed by atoms with E-state index >= 15 is 0 Å². The first-order valence-corrected chi connectivity index (χ1v) is 65.2. The number of unbranched alkanes of at least 4 members (excludes halogenated alkanes) is 10. The van der Waals surface area contributed by atoms with Crippen molar-refractivity contribution in [3.8, 4) is 0 Å². The molecule has 2 fully saturated rings. The molecule has 3 aliphatic rings. The van der Waals surface area contributed by atoms with Gasteiger partial charge in [0.15, 0.2) is 0 Å². The molecule has 0 atom stereocenters. The van der Waals surface area contributed by atoms with Crippen molar-refractivity contribution in [2.75, 3.05) is 166 Å². The normalized spacial score (nSPS) is 14.4. The van der Waals surface area contributed by atoms with Crippen molar-refractivity contribution >= 4 is 69.3 Å². The van der Waals surface area contributed by atoms with E-state index < -0.39 is 57.5 Å². The van der Waals surface area contributed by atoms with Crippen molar-refractivity contribution < 1.29 is 518 Å². The van der Waals surface area contributed by atoms with E-state index in [1.165, 1.54) is 68.9 Å². The zero-order chi connectivity index (χ0) is 86.4. The minimum absolute atomic E-state index is 0. The molecule has 658 valence electrons. The minimum atomic E-state index is -1.20. The molecule has 1 aromatic rings. The van der Waals surface area contributed by atoms with E-state index in [1.54, 1.807) is 24.3 Å². The summed E-state index contributed by atoms with van der Waals surface area (Å²) in [6.07, 6.45) is 26.2. The Morgan fingerprint density at radius 3 is 0.892 bits per heavy atom. The Hall–Kier alpha value is 12.9. The number of benzene rings is 1. The molecule has 0 spiro atoms. The van der Waals surface area contributed by atoms with Crippen molar-refractivity contribution in [1.29, 1.82) is 0 Å². The van der Waals surface area contributed by atoms with Gasteiger partial charge in [0.25, 0.3) is 11.8 Å². The maximum absolute atomic E-state index is 11.7. The molecule has 0 N–H and O–H groups in total. The number of nitrogens with zero attached hydrogens (tertiary/aromatic N) is 8. The molecule has 0 saturated carbocycles. The van der Waals surface area contributed by atoms with E-state index in [0.717, 1.165) is 147 Å². The van der Waals surface area contributed by atoms with Crippen molar-refractivity contribution in [1.82, 2.24) is 37.2 Å². The number of fused-ring (bicyclic) bond motifs is 1. The van der Waals surface area contributed by atoms with Crippen molar-refractivity contribution in [2.45, 2.75) is 283 Å². The molecule has 0 bridgehead atoms. The van der Waals surface area contributed by atoms with Crippen LogP contribution >= 0.6 is 0 Å². The summed E-state index contributed by atoms with van der Waals surface area (Å²) in [6, 6.07) is 13.9. The fourth-order valence-electron chi connectivity index (χ4n) is 13.8. The van der Waals surface area contributed by atoms with E-state index in [0.29, 0.717) is 29.0 Å². The smallest absolute Gasteiger partial charge is 0.854 e. The summed E-state index contributed by atoms with van der Waals surface area (Å²) in [5.41, 5.74) is 0.877. The fraction of sp³-hybridized carbons (Fsp3) is 0.812. The van der Waals surface area contributed by atoms with Crippen LogP contribution < -0.4 is 508 Å². The molecule has 0 aliphatic carbocycles. The quantitative estimate of drug-likeness (QED) is 0.0254. The Bertz CT molecular complexity index is 2370. The summed E-state index contributed by atoms with van der Waals surface area (Å²) in [5, 5.41) is 92.6. The molecule has 0 unspecified atom stereocenters. The van der Waals surface area contributed by atoms with Gasteiger partial charge in [0.1, 0.15) is 49.4 Å². The predicted octanol–water partition coefficient (Wildman–Crippen LogP) is -16.7. The van der Waals surface area contributed by atoms with Gasteiger partial charge in [0.05, 0.1) is 19.2 Å².